The van der Waals surface area contributed by atoms with Crippen molar-refractivity contribution in [1.82, 2.24) is 20.1 Å². The molecule has 0 saturated heterocycles. The summed E-state index contributed by atoms with van der Waals surface area (Å²) in [5.41, 5.74) is -2.30. The van der Waals surface area contributed by atoms with Crippen molar-refractivity contribution in [2.24, 2.45) is 11.3 Å². The normalized spacial score (nSPS) is 20.5. The predicted molar refractivity (Wildman–Crippen MR) is 131 cm³/mol. The van der Waals surface area contributed by atoms with Crippen molar-refractivity contribution in [3.8, 4) is 17.0 Å². The predicted octanol–water partition coefficient (Wildman–Crippen LogP) is 5.72. The number of rotatable bonds is 10. The highest BCUT2D eigenvalue weighted by Gasteiger charge is 2.34. The van der Waals surface area contributed by atoms with Gasteiger partial charge in [0.25, 0.3) is 5.91 Å². The van der Waals surface area contributed by atoms with Gasteiger partial charge >= 0.3 is 6.61 Å². The molecule has 1 amide bonds. The van der Waals surface area contributed by atoms with Crippen LogP contribution in [0, 0.1) is 11.3 Å². The minimum absolute atomic E-state index is 0.0269. The average molecular weight is 549 g/mol. The Balaban J connectivity index is 1.92. The minimum atomic E-state index is -3.20. The van der Waals surface area contributed by atoms with Crippen LogP contribution in [0.1, 0.15) is 69.6 Å². The second kappa shape index (κ2) is 11.6. The molecular weight excluding hydrogens is 516 g/mol. The second-order valence-corrected chi connectivity index (χ2v) is 10.8. The molecule has 206 valence electrons. The Morgan fingerprint density at radius 3 is 2.54 bits per heavy atom. The largest absolute Gasteiger partial charge is 0.434 e. The molecule has 2 aromatic rings. The number of hydrogen-bond acceptors (Lipinski definition) is 5. The van der Waals surface area contributed by atoms with Crippen LogP contribution in [-0.2, 0) is 13.0 Å². The highest BCUT2D eigenvalue weighted by atomic mass is 35.5. The van der Waals surface area contributed by atoms with Crippen molar-refractivity contribution in [3.63, 3.8) is 0 Å². The lowest BCUT2D eigenvalue weighted by Crippen LogP contribution is -2.45. The first kappa shape index (κ1) is 29.2. The summed E-state index contributed by atoms with van der Waals surface area (Å²) in [6, 6.07) is 1.17. The number of aryl methyl sites for hydroxylation is 1. The Morgan fingerprint density at radius 2 is 1.97 bits per heavy atom. The van der Waals surface area contributed by atoms with Crippen molar-refractivity contribution in [2.45, 2.75) is 85.0 Å². The Kier molecular flexibility index (Phi) is 9.10. The number of alkyl halides is 4. The van der Waals surface area contributed by atoms with E-state index in [0.29, 0.717) is 18.8 Å². The molecule has 12 heteroatoms. The first-order chi connectivity index (χ1) is 17.3. The zero-order valence-electron chi connectivity index (χ0n) is 21.3. The molecule has 2 aromatic heterocycles. The van der Waals surface area contributed by atoms with Crippen molar-refractivity contribution in [1.29, 1.82) is 0 Å². The summed E-state index contributed by atoms with van der Waals surface area (Å²) >= 11 is 6.53. The number of halogens is 5. The fourth-order valence-corrected chi connectivity index (χ4v) is 4.69. The summed E-state index contributed by atoms with van der Waals surface area (Å²) in [6.07, 6.45) is 1.20. The van der Waals surface area contributed by atoms with Crippen LogP contribution < -0.4 is 10.1 Å². The van der Waals surface area contributed by atoms with Gasteiger partial charge in [-0.3, -0.25) is 14.5 Å². The van der Waals surface area contributed by atoms with Crippen LogP contribution in [0.3, 0.4) is 0 Å². The third kappa shape index (κ3) is 6.93. The molecule has 0 aliphatic heterocycles. The molecule has 1 saturated carbocycles. The molecule has 2 N–H and O–H groups in total. The summed E-state index contributed by atoms with van der Waals surface area (Å²) in [6.45, 7) is 3.59. The summed E-state index contributed by atoms with van der Waals surface area (Å²) in [5, 5.41) is 17.6. The van der Waals surface area contributed by atoms with Gasteiger partial charge in [0.2, 0.25) is 6.43 Å². The summed E-state index contributed by atoms with van der Waals surface area (Å²) in [7, 11) is 0. The van der Waals surface area contributed by atoms with Gasteiger partial charge in [-0.1, -0.05) is 32.4 Å². The van der Waals surface area contributed by atoms with Gasteiger partial charge in [-0.2, -0.15) is 13.9 Å². The Labute approximate surface area is 218 Å². The highest BCUT2D eigenvalue weighted by molar-refractivity contribution is 6.36. The van der Waals surface area contributed by atoms with E-state index in [1.54, 1.807) is 6.92 Å². The lowest BCUT2D eigenvalue weighted by Gasteiger charge is -2.34. The van der Waals surface area contributed by atoms with E-state index in [2.05, 4.69) is 22.3 Å². The Bertz CT molecular complexity index is 1100. The number of carbonyl (C=O) groups excluding carboxylic acids is 1. The number of ether oxygens (including phenoxy) is 1. The molecule has 2 heterocycles. The zero-order valence-corrected chi connectivity index (χ0v) is 22.1. The molecule has 1 aliphatic carbocycles. The number of aromatic nitrogens is 3. The van der Waals surface area contributed by atoms with Crippen LogP contribution in [0.15, 0.2) is 12.3 Å². The van der Waals surface area contributed by atoms with Crippen LogP contribution in [0.5, 0.6) is 5.75 Å². The Hall–Kier alpha value is -2.40. The van der Waals surface area contributed by atoms with Crippen molar-refractivity contribution >= 4 is 17.5 Å². The number of hydrogen-bond donors (Lipinski definition) is 2. The van der Waals surface area contributed by atoms with Crippen LogP contribution in [0.4, 0.5) is 17.6 Å². The van der Waals surface area contributed by atoms with Gasteiger partial charge in [0.05, 0.1) is 21.9 Å². The zero-order chi connectivity index (χ0) is 27.5. The van der Waals surface area contributed by atoms with E-state index in [0.717, 1.165) is 12.8 Å². The molecule has 7 nitrogen and oxygen atoms in total. The van der Waals surface area contributed by atoms with Crippen LogP contribution in [0.2, 0.25) is 5.02 Å². The van der Waals surface area contributed by atoms with E-state index in [4.69, 9.17) is 16.3 Å². The number of nitrogens with one attached hydrogen (secondary N) is 1. The van der Waals surface area contributed by atoms with Gasteiger partial charge in [-0.15, -0.1) is 0 Å². The average Bonchev–Trinajstić information content (AvgIpc) is 3.15. The van der Waals surface area contributed by atoms with E-state index >= 15 is 0 Å². The van der Waals surface area contributed by atoms with Gasteiger partial charge in [0, 0.05) is 42.9 Å². The molecule has 0 bridgehead atoms. The molecule has 3 rings (SSSR count). The standard InChI is InChI=1S/C25H33ClF4N4O3/c1-5-34-20(16-12-31-15(10-17(16)37-23(29)30)11-24(3,4)22(27)28)18(26)19(33-34)21(35)32-13-25(36)8-6-14(2)7-9-25/h10,12,14,22-23,36H,5-9,11,13H2,1-4H3,(H,32,35). The topological polar surface area (TPSA) is 89.3 Å². The molecule has 1 aliphatic rings. The number of carbonyl (C=O) groups is 1. The van der Waals surface area contributed by atoms with E-state index < -0.39 is 30.0 Å². The number of amides is 1. The maximum Gasteiger partial charge on any atom is 0.387 e. The van der Waals surface area contributed by atoms with E-state index in [-0.39, 0.29) is 52.9 Å². The smallest absolute Gasteiger partial charge is 0.387 e. The SMILES string of the molecule is CCn1nc(C(=O)NCC2(O)CCC(C)CC2)c(Cl)c1-c1cnc(CC(C)(C)C(F)F)cc1OC(F)F. The first-order valence-corrected chi connectivity index (χ1v) is 12.6. The van der Waals surface area contributed by atoms with Gasteiger partial charge in [-0.25, -0.2) is 8.78 Å². The van der Waals surface area contributed by atoms with Crippen LogP contribution >= 0.6 is 11.6 Å². The fraction of sp³-hybridized carbons (Fsp3) is 0.640. The van der Waals surface area contributed by atoms with Crippen molar-refractivity contribution in [3.05, 3.63) is 28.7 Å². The van der Waals surface area contributed by atoms with E-state index in [9.17, 15) is 27.5 Å². The molecule has 0 spiro atoms. The van der Waals surface area contributed by atoms with Crippen molar-refractivity contribution < 1.29 is 32.2 Å². The molecule has 37 heavy (non-hydrogen) atoms. The molecule has 0 atom stereocenters. The monoisotopic (exact) mass is 548 g/mol. The molecule has 0 unspecified atom stereocenters. The Morgan fingerprint density at radius 1 is 1.32 bits per heavy atom. The van der Waals surface area contributed by atoms with Gasteiger partial charge < -0.3 is 15.2 Å². The number of pyridine rings is 1. The van der Waals surface area contributed by atoms with Gasteiger partial charge in [0.15, 0.2) is 5.69 Å². The molecular formula is C25H33ClF4N4O3. The minimum Gasteiger partial charge on any atom is -0.434 e. The van der Waals surface area contributed by atoms with Gasteiger partial charge in [-0.05, 0) is 38.5 Å². The molecule has 1 fully saturated rings. The lowest BCUT2D eigenvalue weighted by molar-refractivity contribution is -0.0496. The summed E-state index contributed by atoms with van der Waals surface area (Å²) in [5.74, 6) is -0.427. The van der Waals surface area contributed by atoms with E-state index in [1.165, 1.54) is 30.8 Å². The lowest BCUT2D eigenvalue weighted by atomic mass is 9.79. The maximum absolute atomic E-state index is 13.3. The number of aliphatic hydroxyl groups is 1. The quantitative estimate of drug-likeness (QED) is 0.370. The summed E-state index contributed by atoms with van der Waals surface area (Å²) < 4.78 is 59.3. The van der Waals surface area contributed by atoms with Crippen LogP contribution in [-0.4, -0.2) is 51.0 Å². The third-order valence-electron chi connectivity index (χ3n) is 6.81. The van der Waals surface area contributed by atoms with E-state index in [1.807, 2.05) is 0 Å². The molecule has 0 radical (unpaired) electrons. The summed E-state index contributed by atoms with van der Waals surface area (Å²) in [4.78, 5) is 17.1. The first-order valence-electron chi connectivity index (χ1n) is 12.3. The van der Waals surface area contributed by atoms with Gasteiger partial charge in [0.1, 0.15) is 5.75 Å². The third-order valence-corrected chi connectivity index (χ3v) is 7.17. The fourth-order valence-electron chi connectivity index (χ4n) is 4.37. The number of nitrogens with zero attached hydrogens (tertiary/aromatic N) is 3. The maximum atomic E-state index is 13.3. The highest BCUT2D eigenvalue weighted by Crippen LogP contribution is 2.39. The second-order valence-electron chi connectivity index (χ2n) is 10.4. The molecule has 0 aromatic carbocycles. The van der Waals surface area contributed by atoms with Crippen molar-refractivity contribution in [2.75, 3.05) is 6.54 Å². The van der Waals surface area contributed by atoms with Crippen LogP contribution in [0.25, 0.3) is 11.3 Å².